The molecule has 4 heteroatoms. The molecule has 1 aliphatic carbocycles. The number of ether oxygens (including phenoxy) is 2. The smallest absolute Gasteiger partial charge is 0.193 e. The third kappa shape index (κ3) is 5.33. The van der Waals surface area contributed by atoms with Gasteiger partial charge >= 0.3 is 0 Å². The Bertz CT molecular complexity index is 1210. The fraction of sp³-hybridized carbons (Fsp3) is 0.323. The van der Waals surface area contributed by atoms with Gasteiger partial charge in [-0.3, -0.25) is 9.69 Å². The maximum absolute atomic E-state index is 13.9. The van der Waals surface area contributed by atoms with E-state index in [0.717, 1.165) is 53.2 Å². The molecule has 5 rings (SSSR count). The van der Waals surface area contributed by atoms with Gasteiger partial charge in [0.1, 0.15) is 18.1 Å². The quantitative estimate of drug-likeness (QED) is 0.365. The Morgan fingerprint density at radius 1 is 0.857 bits per heavy atom. The van der Waals surface area contributed by atoms with E-state index in [1.807, 2.05) is 54.6 Å². The minimum absolute atomic E-state index is 0.0508. The Kier molecular flexibility index (Phi) is 7.29. The normalized spacial score (nSPS) is 16.0. The third-order valence-electron chi connectivity index (χ3n) is 7.12. The summed E-state index contributed by atoms with van der Waals surface area (Å²) in [6.07, 6.45) is 5.65. The molecule has 0 radical (unpaired) electrons. The Morgan fingerprint density at radius 3 is 2.46 bits per heavy atom. The van der Waals surface area contributed by atoms with Crippen LogP contribution in [0.15, 0.2) is 72.8 Å². The van der Waals surface area contributed by atoms with Crippen molar-refractivity contribution >= 4 is 16.9 Å². The molecule has 0 saturated carbocycles. The molecule has 0 spiro atoms. The molecular formula is C31H33NO3. The molecule has 1 heterocycles. The maximum Gasteiger partial charge on any atom is 0.193 e. The first kappa shape index (κ1) is 23.4. The first-order valence-corrected chi connectivity index (χ1v) is 12.7. The van der Waals surface area contributed by atoms with E-state index in [2.05, 4.69) is 23.1 Å². The highest BCUT2D eigenvalue weighted by molar-refractivity contribution is 6.35. The van der Waals surface area contributed by atoms with Crippen LogP contribution in [-0.2, 0) is 6.42 Å². The lowest BCUT2D eigenvalue weighted by Crippen LogP contribution is -2.33. The number of rotatable bonds is 8. The summed E-state index contributed by atoms with van der Waals surface area (Å²) in [5, 5.41) is 0. The minimum atomic E-state index is 0.0508. The van der Waals surface area contributed by atoms with Crippen LogP contribution in [0, 0.1) is 0 Å². The van der Waals surface area contributed by atoms with Gasteiger partial charge in [0.25, 0.3) is 0 Å². The number of Topliss-reactive ketones (excluding diaryl/α,β-unsaturated/α-hetero) is 1. The lowest BCUT2D eigenvalue weighted by molar-refractivity contribution is 0.105. The number of nitrogens with zero attached hydrogens (tertiary/aromatic N) is 1. The third-order valence-corrected chi connectivity index (χ3v) is 7.12. The molecule has 0 unspecified atom stereocenters. The number of ketones is 1. The number of hydrogen-bond donors (Lipinski definition) is 0. The fourth-order valence-corrected chi connectivity index (χ4v) is 5.21. The predicted molar refractivity (Wildman–Crippen MR) is 141 cm³/mol. The molecule has 180 valence electrons. The highest BCUT2D eigenvalue weighted by Crippen LogP contribution is 2.39. The van der Waals surface area contributed by atoms with Crippen LogP contribution in [0.5, 0.6) is 11.5 Å². The van der Waals surface area contributed by atoms with E-state index in [1.54, 1.807) is 7.11 Å². The number of carbonyl (C=O) groups is 1. The van der Waals surface area contributed by atoms with Crippen molar-refractivity contribution in [3.63, 3.8) is 0 Å². The van der Waals surface area contributed by atoms with Gasteiger partial charge in [-0.2, -0.15) is 0 Å². The molecule has 3 aromatic carbocycles. The van der Waals surface area contributed by atoms with Crippen molar-refractivity contribution in [2.24, 2.45) is 0 Å². The van der Waals surface area contributed by atoms with E-state index in [1.165, 1.54) is 37.9 Å². The van der Waals surface area contributed by atoms with Crippen LogP contribution in [0.25, 0.3) is 11.1 Å². The molecule has 0 bridgehead atoms. The summed E-state index contributed by atoms with van der Waals surface area (Å²) >= 11 is 0. The topological polar surface area (TPSA) is 38.8 Å². The molecular weight excluding hydrogens is 434 g/mol. The summed E-state index contributed by atoms with van der Waals surface area (Å²) in [5.41, 5.74) is 5.84. The zero-order chi connectivity index (χ0) is 24.0. The van der Waals surface area contributed by atoms with E-state index < -0.39 is 0 Å². The number of carbonyl (C=O) groups excluding carboxylic acids is 1. The number of aryl methyl sites for hydroxylation is 1. The summed E-state index contributed by atoms with van der Waals surface area (Å²) in [6, 6.07) is 23.9. The van der Waals surface area contributed by atoms with Crippen molar-refractivity contribution in [3.8, 4) is 11.5 Å². The number of piperidine rings is 1. The van der Waals surface area contributed by atoms with Crippen molar-refractivity contribution in [2.45, 2.75) is 32.1 Å². The molecule has 1 aliphatic heterocycles. The van der Waals surface area contributed by atoms with Crippen LogP contribution in [0.2, 0.25) is 0 Å². The summed E-state index contributed by atoms with van der Waals surface area (Å²) in [6.45, 7) is 3.96. The number of likely N-dealkylation sites (tertiary alicyclic amines) is 1. The van der Waals surface area contributed by atoms with Crippen LogP contribution < -0.4 is 9.47 Å². The van der Waals surface area contributed by atoms with Gasteiger partial charge in [0, 0.05) is 17.7 Å². The van der Waals surface area contributed by atoms with Gasteiger partial charge in [0.05, 0.1) is 7.11 Å². The van der Waals surface area contributed by atoms with Crippen molar-refractivity contribution in [1.29, 1.82) is 0 Å². The first-order valence-electron chi connectivity index (χ1n) is 12.7. The summed E-state index contributed by atoms with van der Waals surface area (Å²) in [7, 11) is 1.67. The minimum Gasteiger partial charge on any atom is -0.497 e. The monoisotopic (exact) mass is 467 g/mol. The molecule has 4 nitrogen and oxygen atoms in total. The van der Waals surface area contributed by atoms with Crippen molar-refractivity contribution in [3.05, 3.63) is 95.1 Å². The van der Waals surface area contributed by atoms with Gasteiger partial charge in [-0.05, 0) is 97.4 Å². The second-order valence-corrected chi connectivity index (χ2v) is 9.35. The average molecular weight is 468 g/mol. The van der Waals surface area contributed by atoms with E-state index >= 15 is 0 Å². The van der Waals surface area contributed by atoms with Crippen LogP contribution in [-0.4, -0.2) is 44.0 Å². The number of fused-ring (bicyclic) bond motifs is 1. The summed E-state index contributed by atoms with van der Waals surface area (Å²) < 4.78 is 11.4. The highest BCUT2D eigenvalue weighted by Gasteiger charge is 2.26. The lowest BCUT2D eigenvalue weighted by Gasteiger charge is -2.26. The average Bonchev–Trinajstić information content (AvgIpc) is 2.93. The van der Waals surface area contributed by atoms with E-state index in [9.17, 15) is 4.79 Å². The summed E-state index contributed by atoms with van der Waals surface area (Å²) in [5.74, 6) is 1.66. The molecule has 0 aromatic heterocycles. The number of allylic oxidation sites excluding steroid dienone is 2. The van der Waals surface area contributed by atoms with E-state index in [-0.39, 0.29) is 5.78 Å². The van der Waals surface area contributed by atoms with Crippen LogP contribution in [0.1, 0.15) is 52.7 Å². The lowest BCUT2D eigenvalue weighted by atomic mass is 9.79. The van der Waals surface area contributed by atoms with Crippen molar-refractivity contribution in [2.75, 3.05) is 33.4 Å². The molecule has 1 fully saturated rings. The Hall–Kier alpha value is -3.37. The Labute approximate surface area is 208 Å². The van der Waals surface area contributed by atoms with Crippen LogP contribution in [0.3, 0.4) is 0 Å². The number of benzene rings is 3. The molecule has 35 heavy (non-hydrogen) atoms. The second-order valence-electron chi connectivity index (χ2n) is 9.35. The second kappa shape index (κ2) is 10.9. The highest BCUT2D eigenvalue weighted by atomic mass is 16.5. The van der Waals surface area contributed by atoms with Gasteiger partial charge in [0.2, 0.25) is 0 Å². The zero-order valence-corrected chi connectivity index (χ0v) is 20.5. The molecule has 3 aromatic rings. The molecule has 0 atom stereocenters. The van der Waals surface area contributed by atoms with E-state index in [4.69, 9.17) is 9.47 Å². The Morgan fingerprint density at radius 2 is 1.66 bits per heavy atom. The van der Waals surface area contributed by atoms with Gasteiger partial charge in [-0.1, -0.05) is 42.8 Å². The zero-order valence-electron chi connectivity index (χ0n) is 20.5. The molecule has 1 saturated heterocycles. The predicted octanol–water partition coefficient (Wildman–Crippen LogP) is 6.30. The van der Waals surface area contributed by atoms with Crippen LogP contribution >= 0.6 is 0 Å². The number of hydrogen-bond acceptors (Lipinski definition) is 4. The summed E-state index contributed by atoms with van der Waals surface area (Å²) in [4.78, 5) is 16.4. The SMILES string of the molecule is COc1cccc(C2=C(C(=O)c3ccc(OCCN4CCCCC4)cc3)c3ccccc3CC2)c1. The van der Waals surface area contributed by atoms with Crippen LogP contribution in [0.4, 0.5) is 0 Å². The van der Waals surface area contributed by atoms with Crippen molar-refractivity contribution < 1.29 is 14.3 Å². The van der Waals surface area contributed by atoms with Gasteiger partial charge in [0.15, 0.2) is 5.78 Å². The standard InChI is InChI=1S/C31H33NO3/c1-34-27-10-7-9-25(22-27)29-17-14-23-8-3-4-11-28(23)30(29)31(33)24-12-15-26(16-13-24)35-21-20-32-18-5-2-6-19-32/h3-4,7-13,15-16,22H,2,5-6,14,17-21H2,1H3. The van der Waals surface area contributed by atoms with E-state index in [0.29, 0.717) is 12.2 Å². The number of methoxy groups -OCH3 is 1. The molecule has 0 N–H and O–H groups in total. The van der Waals surface area contributed by atoms with Gasteiger partial charge in [-0.15, -0.1) is 0 Å². The fourth-order valence-electron chi connectivity index (χ4n) is 5.21. The molecule has 2 aliphatic rings. The molecule has 0 amide bonds. The largest absolute Gasteiger partial charge is 0.497 e. The first-order chi connectivity index (χ1) is 17.2. The van der Waals surface area contributed by atoms with Gasteiger partial charge in [-0.25, -0.2) is 0 Å². The van der Waals surface area contributed by atoms with Gasteiger partial charge < -0.3 is 9.47 Å². The van der Waals surface area contributed by atoms with Crippen molar-refractivity contribution in [1.82, 2.24) is 4.90 Å². The Balaban J connectivity index is 1.39. The maximum atomic E-state index is 13.9.